The molecule has 0 atom stereocenters. The van der Waals surface area contributed by atoms with E-state index < -0.39 is 17.2 Å². The summed E-state index contributed by atoms with van der Waals surface area (Å²) in [7, 11) is 4.56. The first-order chi connectivity index (χ1) is 13.8. The van der Waals surface area contributed by atoms with Crippen LogP contribution in [-0.4, -0.2) is 43.3 Å². The lowest BCUT2D eigenvalue weighted by Crippen LogP contribution is -2.39. The monoisotopic (exact) mass is 405 g/mol. The van der Waals surface area contributed by atoms with Gasteiger partial charge in [-0.1, -0.05) is 13.3 Å². The lowest BCUT2D eigenvalue weighted by molar-refractivity contribution is -0.114. The number of carbonyl (C=O) groups is 1. The number of nitrogen functional groups attached to an aromatic ring is 1. The van der Waals surface area contributed by atoms with Crippen LogP contribution in [0.25, 0.3) is 0 Å². The van der Waals surface area contributed by atoms with Crippen molar-refractivity contribution in [2.75, 3.05) is 43.8 Å². The first kappa shape index (κ1) is 21.9. The molecule has 0 aliphatic rings. The van der Waals surface area contributed by atoms with Gasteiger partial charge in [-0.05, 0) is 18.6 Å². The van der Waals surface area contributed by atoms with Crippen LogP contribution in [0.2, 0.25) is 0 Å². The summed E-state index contributed by atoms with van der Waals surface area (Å²) in [5, 5.41) is 2.73. The number of hydrogen-bond donors (Lipinski definition) is 3. The molecule has 0 unspecified atom stereocenters. The molecule has 2 rings (SSSR count). The minimum absolute atomic E-state index is 0.0291. The maximum atomic E-state index is 12.5. The van der Waals surface area contributed by atoms with Crippen LogP contribution in [0.3, 0.4) is 0 Å². The molecule has 158 valence electrons. The molecule has 4 N–H and O–H groups in total. The minimum atomic E-state index is -0.644. The van der Waals surface area contributed by atoms with E-state index in [1.165, 1.54) is 23.7 Å². The van der Waals surface area contributed by atoms with Crippen molar-refractivity contribution in [1.82, 2.24) is 9.55 Å². The molecule has 0 fully saturated rings. The number of benzene rings is 1. The molecule has 1 aromatic carbocycles. The van der Waals surface area contributed by atoms with Crippen LogP contribution in [0.5, 0.6) is 11.5 Å². The predicted octanol–water partition coefficient (Wildman–Crippen LogP) is 1.01. The number of rotatable bonds is 9. The Morgan fingerprint density at radius 2 is 2.00 bits per heavy atom. The average molecular weight is 405 g/mol. The maximum absolute atomic E-state index is 12.5. The summed E-state index contributed by atoms with van der Waals surface area (Å²) in [6.45, 7) is 2.20. The summed E-state index contributed by atoms with van der Waals surface area (Å²) >= 11 is 0. The fraction of sp³-hybridized carbons (Fsp3) is 0.421. The van der Waals surface area contributed by atoms with E-state index in [1.807, 2.05) is 6.92 Å². The van der Waals surface area contributed by atoms with Crippen LogP contribution in [0.15, 0.2) is 27.8 Å². The average Bonchev–Trinajstić information content (AvgIpc) is 2.67. The smallest absolute Gasteiger partial charge is 0.330 e. The van der Waals surface area contributed by atoms with Crippen LogP contribution in [0, 0.1) is 0 Å². The van der Waals surface area contributed by atoms with Gasteiger partial charge < -0.3 is 25.4 Å². The van der Waals surface area contributed by atoms with E-state index in [1.54, 1.807) is 25.2 Å². The van der Waals surface area contributed by atoms with Crippen LogP contribution >= 0.6 is 0 Å². The van der Waals surface area contributed by atoms with Gasteiger partial charge in [0.2, 0.25) is 5.91 Å². The van der Waals surface area contributed by atoms with E-state index in [0.29, 0.717) is 23.7 Å². The Balaban J connectivity index is 2.24. The zero-order valence-electron chi connectivity index (χ0n) is 17.1. The molecule has 0 saturated heterocycles. The molecular weight excluding hydrogens is 378 g/mol. The van der Waals surface area contributed by atoms with Gasteiger partial charge >= 0.3 is 5.69 Å². The molecule has 0 aliphatic carbocycles. The van der Waals surface area contributed by atoms with Crippen molar-refractivity contribution in [3.05, 3.63) is 39.0 Å². The number of ether oxygens (including phenoxy) is 2. The number of nitrogens with two attached hydrogens (primary N) is 1. The van der Waals surface area contributed by atoms with Gasteiger partial charge in [-0.15, -0.1) is 0 Å². The zero-order valence-corrected chi connectivity index (χ0v) is 17.1. The highest BCUT2D eigenvalue weighted by Crippen LogP contribution is 2.29. The van der Waals surface area contributed by atoms with E-state index in [4.69, 9.17) is 15.2 Å². The summed E-state index contributed by atoms with van der Waals surface area (Å²) in [6, 6.07) is 5.01. The highest BCUT2D eigenvalue weighted by atomic mass is 16.5. The summed E-state index contributed by atoms with van der Waals surface area (Å²) in [5.41, 5.74) is 5.36. The maximum Gasteiger partial charge on any atom is 0.330 e. The first-order valence-corrected chi connectivity index (χ1v) is 9.17. The quantitative estimate of drug-likeness (QED) is 0.567. The molecule has 0 spiro atoms. The molecule has 0 radical (unpaired) electrons. The van der Waals surface area contributed by atoms with Gasteiger partial charge in [-0.25, -0.2) is 4.79 Å². The van der Waals surface area contributed by atoms with E-state index in [-0.39, 0.29) is 18.1 Å². The van der Waals surface area contributed by atoms with Crippen molar-refractivity contribution >= 4 is 23.1 Å². The zero-order chi connectivity index (χ0) is 21.6. The predicted molar refractivity (Wildman–Crippen MR) is 112 cm³/mol. The number of nitrogens with zero attached hydrogens (tertiary/aromatic N) is 2. The van der Waals surface area contributed by atoms with E-state index >= 15 is 0 Å². The molecular formula is C19H27N5O5. The Hall–Kier alpha value is -3.43. The third-order valence-corrected chi connectivity index (χ3v) is 4.39. The number of likely N-dealkylation sites (N-methyl/N-ethyl adjacent to an activating group) is 1. The molecule has 0 bridgehead atoms. The Morgan fingerprint density at radius 3 is 2.62 bits per heavy atom. The summed E-state index contributed by atoms with van der Waals surface area (Å²) in [4.78, 5) is 40.5. The van der Waals surface area contributed by atoms with Crippen molar-refractivity contribution in [2.24, 2.45) is 0 Å². The molecule has 29 heavy (non-hydrogen) atoms. The van der Waals surface area contributed by atoms with E-state index in [2.05, 4.69) is 10.3 Å². The molecule has 10 heteroatoms. The van der Waals surface area contributed by atoms with E-state index in [0.717, 1.165) is 12.8 Å². The SMILES string of the molecule is CCCCn1c(N)c(N(C)CC(=O)Nc2cc(OC)ccc2OC)c(=O)[nH]c1=O. The van der Waals surface area contributed by atoms with Crippen molar-refractivity contribution in [1.29, 1.82) is 0 Å². The number of aromatic nitrogens is 2. The van der Waals surface area contributed by atoms with Gasteiger partial charge in [-0.2, -0.15) is 0 Å². The third-order valence-electron chi connectivity index (χ3n) is 4.39. The van der Waals surface area contributed by atoms with Gasteiger partial charge in [0.15, 0.2) is 0 Å². The lowest BCUT2D eigenvalue weighted by Gasteiger charge is -2.21. The Labute approximate surface area is 168 Å². The van der Waals surface area contributed by atoms with Crippen LogP contribution in [0.4, 0.5) is 17.2 Å². The largest absolute Gasteiger partial charge is 0.497 e. The number of hydrogen-bond acceptors (Lipinski definition) is 7. The van der Waals surface area contributed by atoms with Crippen molar-refractivity contribution in [2.45, 2.75) is 26.3 Å². The number of methoxy groups -OCH3 is 2. The van der Waals surface area contributed by atoms with Gasteiger partial charge in [0.1, 0.15) is 23.0 Å². The number of carbonyl (C=O) groups excluding carboxylic acids is 1. The number of H-pyrrole nitrogens is 1. The summed E-state index contributed by atoms with van der Waals surface area (Å²) in [6.07, 6.45) is 1.59. The van der Waals surface area contributed by atoms with Crippen molar-refractivity contribution in [3.63, 3.8) is 0 Å². The Morgan fingerprint density at radius 1 is 1.28 bits per heavy atom. The Bertz CT molecular complexity index is 982. The molecule has 10 nitrogen and oxygen atoms in total. The van der Waals surface area contributed by atoms with Gasteiger partial charge in [0, 0.05) is 19.7 Å². The second-order valence-electron chi connectivity index (χ2n) is 6.47. The molecule has 2 aromatic rings. The number of nitrogens with one attached hydrogen (secondary N) is 2. The number of aromatic amines is 1. The molecule has 1 heterocycles. The fourth-order valence-corrected chi connectivity index (χ4v) is 2.88. The number of unbranched alkanes of at least 4 members (excludes halogenated alkanes) is 1. The lowest BCUT2D eigenvalue weighted by atomic mass is 10.2. The van der Waals surface area contributed by atoms with Gasteiger partial charge in [0.25, 0.3) is 5.56 Å². The standard InChI is InChI=1S/C19H27N5O5/c1-5-6-9-24-17(20)16(18(26)22-19(24)27)23(2)11-15(25)21-13-10-12(28-3)7-8-14(13)29-4/h7-8,10H,5-6,9,11,20H2,1-4H3,(H,21,25)(H,22,26,27). The van der Waals surface area contributed by atoms with Crippen molar-refractivity contribution < 1.29 is 14.3 Å². The summed E-state index contributed by atoms with van der Waals surface area (Å²) in [5.74, 6) is 0.649. The van der Waals surface area contributed by atoms with Crippen LogP contribution in [-0.2, 0) is 11.3 Å². The second-order valence-corrected chi connectivity index (χ2v) is 6.47. The third kappa shape index (κ3) is 5.09. The van der Waals surface area contributed by atoms with Gasteiger partial charge in [0.05, 0.1) is 26.5 Å². The minimum Gasteiger partial charge on any atom is -0.497 e. The number of amides is 1. The molecule has 0 saturated carbocycles. The molecule has 0 aliphatic heterocycles. The highest BCUT2D eigenvalue weighted by molar-refractivity contribution is 5.95. The topological polar surface area (TPSA) is 132 Å². The molecule has 1 amide bonds. The van der Waals surface area contributed by atoms with E-state index in [9.17, 15) is 14.4 Å². The fourth-order valence-electron chi connectivity index (χ4n) is 2.88. The van der Waals surface area contributed by atoms with Crippen molar-refractivity contribution in [3.8, 4) is 11.5 Å². The summed E-state index contributed by atoms with van der Waals surface area (Å²) < 4.78 is 11.7. The van der Waals surface area contributed by atoms with Crippen LogP contribution < -0.4 is 36.7 Å². The van der Waals surface area contributed by atoms with Crippen LogP contribution in [0.1, 0.15) is 19.8 Å². The highest BCUT2D eigenvalue weighted by Gasteiger charge is 2.19. The second kappa shape index (κ2) is 9.67. The number of anilines is 3. The molecule has 1 aromatic heterocycles. The first-order valence-electron chi connectivity index (χ1n) is 9.17. The van der Waals surface area contributed by atoms with Gasteiger partial charge in [-0.3, -0.25) is 19.1 Å². The normalized spacial score (nSPS) is 10.5. The Kier molecular flexibility index (Phi) is 7.29.